The maximum Gasteiger partial charge on any atom is 0.313 e. The van der Waals surface area contributed by atoms with Crippen LogP contribution in [0.15, 0.2) is 6.20 Å². The van der Waals surface area contributed by atoms with Gasteiger partial charge in [0.25, 0.3) is 0 Å². The molecule has 0 bridgehead atoms. The van der Waals surface area contributed by atoms with Crippen LogP contribution in [0.4, 0.5) is 0 Å². The first-order valence-corrected chi connectivity index (χ1v) is 3.59. The Balaban J connectivity index is 2.94. The first kappa shape index (κ1) is 8.73. The summed E-state index contributed by atoms with van der Waals surface area (Å²) in [5.74, 6) is -1.60. The van der Waals surface area contributed by atoms with Crippen molar-refractivity contribution in [2.75, 3.05) is 6.54 Å². The molecule has 1 atom stereocenters. The van der Waals surface area contributed by atoms with Gasteiger partial charge in [0, 0.05) is 6.54 Å². The van der Waals surface area contributed by atoms with Crippen molar-refractivity contribution in [3.8, 4) is 0 Å². The van der Waals surface area contributed by atoms with Crippen molar-refractivity contribution in [3.05, 3.63) is 17.5 Å². The summed E-state index contributed by atoms with van der Waals surface area (Å²) in [6.07, 6.45) is 1.58. The molecule has 1 aromatic heterocycles. The fourth-order valence-electron chi connectivity index (χ4n) is 1.05. The maximum absolute atomic E-state index is 10.7. The molecule has 0 saturated carbocycles. The third-order valence-corrected chi connectivity index (χ3v) is 1.75. The summed E-state index contributed by atoms with van der Waals surface area (Å²) in [5.41, 5.74) is 6.72. The molecule has 66 valence electrons. The van der Waals surface area contributed by atoms with Crippen molar-refractivity contribution in [3.63, 3.8) is 0 Å². The molecule has 0 fully saturated rings. The number of hydrogen-bond donors (Lipinski definition) is 3. The van der Waals surface area contributed by atoms with Gasteiger partial charge in [0.05, 0.1) is 11.9 Å². The van der Waals surface area contributed by atoms with Gasteiger partial charge in [-0.15, -0.1) is 0 Å². The molecule has 1 unspecified atom stereocenters. The average Bonchev–Trinajstić information content (AvgIpc) is 2.38. The van der Waals surface area contributed by atoms with E-state index in [-0.39, 0.29) is 6.54 Å². The molecule has 0 spiro atoms. The molecule has 0 saturated heterocycles. The molecule has 0 amide bonds. The van der Waals surface area contributed by atoms with E-state index in [9.17, 15) is 4.79 Å². The van der Waals surface area contributed by atoms with E-state index in [1.54, 1.807) is 13.1 Å². The normalized spacial score (nSPS) is 12.8. The molecular weight excluding hydrogens is 158 g/mol. The second kappa shape index (κ2) is 3.36. The summed E-state index contributed by atoms with van der Waals surface area (Å²) in [4.78, 5) is 10.7. The first-order chi connectivity index (χ1) is 5.66. The minimum Gasteiger partial charge on any atom is -0.481 e. The number of nitrogens with zero attached hydrogens (tertiary/aromatic N) is 1. The summed E-state index contributed by atoms with van der Waals surface area (Å²) in [7, 11) is 0. The number of hydrogen-bond acceptors (Lipinski definition) is 3. The zero-order valence-corrected chi connectivity index (χ0v) is 6.74. The summed E-state index contributed by atoms with van der Waals surface area (Å²) in [6.45, 7) is 1.88. The van der Waals surface area contributed by atoms with E-state index in [1.807, 2.05) is 0 Å². The van der Waals surface area contributed by atoms with Crippen LogP contribution in [-0.2, 0) is 4.79 Å². The van der Waals surface area contributed by atoms with Crippen LogP contribution in [-0.4, -0.2) is 27.8 Å². The minimum atomic E-state index is -0.926. The molecule has 1 aromatic rings. The lowest BCUT2D eigenvalue weighted by Gasteiger charge is -2.07. The molecule has 0 radical (unpaired) electrons. The molecule has 0 aliphatic carbocycles. The van der Waals surface area contributed by atoms with Gasteiger partial charge in [-0.25, -0.2) is 0 Å². The number of carboxylic acid groups (broad SMARTS) is 1. The van der Waals surface area contributed by atoms with Gasteiger partial charge in [-0.1, -0.05) is 0 Å². The third kappa shape index (κ3) is 1.45. The lowest BCUT2D eigenvalue weighted by Crippen LogP contribution is -2.22. The molecule has 12 heavy (non-hydrogen) atoms. The van der Waals surface area contributed by atoms with Crippen molar-refractivity contribution in [1.29, 1.82) is 0 Å². The largest absolute Gasteiger partial charge is 0.481 e. The number of aromatic nitrogens is 2. The molecule has 1 heterocycles. The van der Waals surface area contributed by atoms with Gasteiger partial charge < -0.3 is 10.8 Å². The van der Waals surface area contributed by atoms with E-state index < -0.39 is 11.9 Å². The number of nitrogens with two attached hydrogens (primary N) is 1. The van der Waals surface area contributed by atoms with Crippen LogP contribution in [0.2, 0.25) is 0 Å². The van der Waals surface area contributed by atoms with Gasteiger partial charge in [-0.05, 0) is 12.5 Å². The Bertz CT molecular complexity index is 282. The average molecular weight is 169 g/mol. The van der Waals surface area contributed by atoms with E-state index in [2.05, 4.69) is 10.2 Å². The fraction of sp³-hybridized carbons (Fsp3) is 0.429. The Kier molecular flexibility index (Phi) is 2.44. The number of aryl methyl sites for hydroxylation is 1. The van der Waals surface area contributed by atoms with Crippen LogP contribution in [0.1, 0.15) is 17.2 Å². The predicted octanol–water partition coefficient (Wildman–Crippen LogP) is -0.155. The lowest BCUT2D eigenvalue weighted by molar-refractivity contribution is -0.138. The minimum absolute atomic E-state index is 0.0817. The summed E-state index contributed by atoms with van der Waals surface area (Å²) >= 11 is 0. The molecule has 5 heteroatoms. The Morgan fingerprint density at radius 1 is 1.92 bits per heavy atom. The SMILES string of the molecule is Cc1cn[nH]c1C(CN)C(=O)O. The quantitative estimate of drug-likeness (QED) is 0.586. The van der Waals surface area contributed by atoms with Crippen LogP contribution in [0.3, 0.4) is 0 Å². The van der Waals surface area contributed by atoms with Gasteiger partial charge in [0.2, 0.25) is 0 Å². The van der Waals surface area contributed by atoms with Crippen LogP contribution in [0, 0.1) is 6.92 Å². The highest BCUT2D eigenvalue weighted by molar-refractivity contribution is 5.76. The second-order valence-corrected chi connectivity index (χ2v) is 2.59. The number of aromatic amines is 1. The summed E-state index contributed by atoms with van der Waals surface area (Å²) < 4.78 is 0. The second-order valence-electron chi connectivity index (χ2n) is 2.59. The Morgan fingerprint density at radius 2 is 2.58 bits per heavy atom. The molecule has 1 rings (SSSR count). The van der Waals surface area contributed by atoms with Crippen molar-refractivity contribution in [2.24, 2.45) is 5.73 Å². The third-order valence-electron chi connectivity index (χ3n) is 1.75. The molecular formula is C7H11N3O2. The van der Waals surface area contributed by atoms with Gasteiger partial charge in [-0.2, -0.15) is 5.10 Å². The van der Waals surface area contributed by atoms with Gasteiger partial charge in [0.15, 0.2) is 0 Å². The van der Waals surface area contributed by atoms with Crippen molar-refractivity contribution < 1.29 is 9.90 Å². The number of carboxylic acids is 1. The number of H-pyrrole nitrogens is 1. The molecule has 0 aromatic carbocycles. The van der Waals surface area contributed by atoms with Gasteiger partial charge >= 0.3 is 5.97 Å². The van der Waals surface area contributed by atoms with E-state index in [0.717, 1.165) is 5.56 Å². The zero-order valence-electron chi connectivity index (χ0n) is 6.74. The fourth-order valence-corrected chi connectivity index (χ4v) is 1.05. The zero-order chi connectivity index (χ0) is 9.14. The van der Waals surface area contributed by atoms with Crippen LogP contribution >= 0.6 is 0 Å². The van der Waals surface area contributed by atoms with Crippen molar-refractivity contribution in [1.82, 2.24) is 10.2 Å². The smallest absolute Gasteiger partial charge is 0.313 e. The molecule has 5 nitrogen and oxygen atoms in total. The molecule has 0 aliphatic rings. The summed E-state index contributed by atoms with van der Waals surface area (Å²) in [5, 5.41) is 15.1. The highest BCUT2D eigenvalue weighted by Crippen LogP contribution is 2.15. The van der Waals surface area contributed by atoms with Crippen LogP contribution in [0.5, 0.6) is 0 Å². The van der Waals surface area contributed by atoms with Crippen molar-refractivity contribution >= 4 is 5.97 Å². The Hall–Kier alpha value is -1.36. The standard InChI is InChI=1S/C7H11N3O2/c1-4-3-9-10-6(4)5(2-8)7(11)12/h3,5H,2,8H2,1H3,(H,9,10)(H,11,12). The number of carbonyl (C=O) groups is 1. The maximum atomic E-state index is 10.7. The van der Waals surface area contributed by atoms with E-state index in [4.69, 9.17) is 10.8 Å². The van der Waals surface area contributed by atoms with E-state index in [0.29, 0.717) is 5.69 Å². The lowest BCUT2D eigenvalue weighted by atomic mass is 10.0. The van der Waals surface area contributed by atoms with E-state index >= 15 is 0 Å². The van der Waals surface area contributed by atoms with Crippen molar-refractivity contribution in [2.45, 2.75) is 12.8 Å². The Labute approximate surface area is 69.6 Å². The monoisotopic (exact) mass is 169 g/mol. The Morgan fingerprint density at radius 3 is 2.92 bits per heavy atom. The van der Waals surface area contributed by atoms with E-state index in [1.165, 1.54) is 0 Å². The molecule has 0 aliphatic heterocycles. The highest BCUT2D eigenvalue weighted by atomic mass is 16.4. The topological polar surface area (TPSA) is 92.0 Å². The van der Waals surface area contributed by atoms with Gasteiger partial charge in [-0.3, -0.25) is 9.89 Å². The van der Waals surface area contributed by atoms with Crippen LogP contribution in [0.25, 0.3) is 0 Å². The first-order valence-electron chi connectivity index (χ1n) is 3.59. The van der Waals surface area contributed by atoms with Gasteiger partial charge in [0.1, 0.15) is 5.92 Å². The number of aliphatic carboxylic acids is 1. The summed E-state index contributed by atoms with van der Waals surface area (Å²) in [6, 6.07) is 0. The number of rotatable bonds is 3. The van der Waals surface area contributed by atoms with Crippen LogP contribution < -0.4 is 5.73 Å². The predicted molar refractivity (Wildman–Crippen MR) is 42.8 cm³/mol. The molecule has 4 N–H and O–H groups in total. The number of nitrogens with one attached hydrogen (secondary N) is 1. The highest BCUT2D eigenvalue weighted by Gasteiger charge is 2.20.